The maximum Gasteiger partial charge on any atom is 0.296 e. The molecule has 432 valence electrons. The molecule has 0 heterocycles. The highest BCUT2D eigenvalue weighted by molar-refractivity contribution is 7.87. The van der Waals surface area contributed by atoms with E-state index < -0.39 is 97.9 Å². The number of nitrogens with two attached hydrogens (primary N) is 2. The van der Waals surface area contributed by atoms with Crippen LogP contribution >= 0.6 is 0 Å². The number of aromatic hydroxyl groups is 2. The van der Waals surface area contributed by atoms with Gasteiger partial charge >= 0.3 is 0 Å². The second-order valence-electron chi connectivity index (χ2n) is 18.2. The van der Waals surface area contributed by atoms with E-state index in [1.54, 1.807) is 24.3 Å². The molecule has 0 bridgehead atoms. The fraction of sp³-hybridized carbons (Fsp3) is 0. The van der Waals surface area contributed by atoms with Gasteiger partial charge in [-0.3, -0.25) is 22.8 Å². The van der Waals surface area contributed by atoms with Crippen molar-refractivity contribution in [2.75, 3.05) is 16.8 Å². The highest BCUT2D eigenvalue weighted by atomic mass is 32.2. The second kappa shape index (κ2) is 21.7. The molecule has 0 atom stereocenters. The number of fused-ring (bicyclic) bond motifs is 4. The molecule has 33 heteroatoms. The number of rotatable bonds is 15. The van der Waals surface area contributed by atoms with Gasteiger partial charge in [0.2, 0.25) is 0 Å². The van der Waals surface area contributed by atoms with Crippen LogP contribution in [0.4, 0.5) is 68.2 Å². The first-order valence-electron chi connectivity index (χ1n) is 23.7. The standard InChI is InChI=1S/C52H37N11O17S5/c53-37-16-19-41(60-58-39-5-1-3-26-7-14-31(22-33(26)39)81(66,67)68)35-24-45(84(75,76)77)49(51(64)47(35)37)62-56-29-11-9-28(10-12-29)55-43-18-13-30(21-44(43)83(72,73)74)57-63-50-46(85(78,79)80)25-36-42(20-17-38(54)48(36)52(50)65)61-59-40-6-2-4-27-8-15-32(23-34(27)40)82(69,70)71/h1-25,55,64-65H,53-54H2,(H,66,67,68)(H,69,70,71)(H,72,73,74)(H,75,76,77)(H,78,79,80). The Kier molecular flexibility index (Phi) is 14.9. The molecule has 0 spiro atoms. The van der Waals surface area contributed by atoms with Crippen molar-refractivity contribution in [1.82, 2.24) is 0 Å². The minimum absolute atomic E-state index is 0.00325. The Morgan fingerprint density at radius 2 is 0.753 bits per heavy atom. The van der Waals surface area contributed by atoms with E-state index in [-0.39, 0.29) is 89.2 Å². The third-order valence-electron chi connectivity index (χ3n) is 12.7. The van der Waals surface area contributed by atoms with Crippen LogP contribution in [0.3, 0.4) is 0 Å². The summed E-state index contributed by atoms with van der Waals surface area (Å²) in [6, 6.07) is 32.5. The monoisotopic (exact) mass is 1250 g/mol. The number of azo groups is 4. The summed E-state index contributed by atoms with van der Waals surface area (Å²) in [6.07, 6.45) is 0. The van der Waals surface area contributed by atoms with Crippen LogP contribution in [0, 0.1) is 0 Å². The van der Waals surface area contributed by atoms with Gasteiger partial charge < -0.3 is 27.0 Å². The molecular formula is C52H37N11O17S5. The van der Waals surface area contributed by atoms with Crippen LogP contribution in [0.1, 0.15) is 0 Å². The number of phenolic OH excluding ortho intramolecular Hbond substituents is 2. The Labute approximate surface area is 479 Å². The van der Waals surface area contributed by atoms with E-state index in [1.807, 2.05) is 0 Å². The summed E-state index contributed by atoms with van der Waals surface area (Å²) in [4.78, 5) is -3.58. The molecule has 0 aliphatic heterocycles. The van der Waals surface area contributed by atoms with Crippen molar-refractivity contribution in [2.45, 2.75) is 24.5 Å². The molecule has 0 aromatic heterocycles. The van der Waals surface area contributed by atoms with E-state index in [4.69, 9.17) is 11.5 Å². The lowest BCUT2D eigenvalue weighted by Crippen LogP contribution is -2.03. The zero-order valence-electron chi connectivity index (χ0n) is 42.4. The summed E-state index contributed by atoms with van der Waals surface area (Å²) >= 11 is 0. The first kappa shape index (κ1) is 58.4. The number of anilines is 4. The van der Waals surface area contributed by atoms with Gasteiger partial charge in [0.15, 0.2) is 11.5 Å². The molecule has 28 nitrogen and oxygen atoms in total. The van der Waals surface area contributed by atoms with Crippen LogP contribution in [0.25, 0.3) is 43.1 Å². The molecule has 0 saturated heterocycles. The smallest absolute Gasteiger partial charge is 0.296 e. The third kappa shape index (κ3) is 12.0. The maximum absolute atomic E-state index is 12.8. The zero-order chi connectivity index (χ0) is 61.1. The van der Waals surface area contributed by atoms with Crippen molar-refractivity contribution in [3.63, 3.8) is 0 Å². The van der Waals surface area contributed by atoms with Crippen molar-refractivity contribution in [3.05, 3.63) is 152 Å². The van der Waals surface area contributed by atoms with E-state index >= 15 is 0 Å². The zero-order valence-corrected chi connectivity index (χ0v) is 46.5. The normalized spacial score (nSPS) is 13.0. The second-order valence-corrected chi connectivity index (χ2v) is 25.2. The average molecular weight is 1250 g/mol. The van der Waals surface area contributed by atoms with E-state index in [2.05, 4.69) is 46.2 Å². The summed E-state index contributed by atoms with van der Waals surface area (Å²) in [5.41, 5.74) is 10.2. The van der Waals surface area contributed by atoms with Gasteiger partial charge in [-0.1, -0.05) is 36.4 Å². The van der Waals surface area contributed by atoms with Gasteiger partial charge in [-0.2, -0.15) is 52.3 Å². The van der Waals surface area contributed by atoms with Gasteiger partial charge in [-0.25, -0.2) is 0 Å². The van der Waals surface area contributed by atoms with Crippen LogP contribution in [0.15, 0.2) is 217 Å². The minimum atomic E-state index is -5.27. The summed E-state index contributed by atoms with van der Waals surface area (Å²) in [5.74, 6) is -1.78. The Morgan fingerprint density at radius 3 is 1.16 bits per heavy atom. The van der Waals surface area contributed by atoms with Gasteiger partial charge in [-0.15, -0.1) is 30.7 Å². The summed E-state index contributed by atoms with van der Waals surface area (Å²) in [6.45, 7) is 0. The predicted molar refractivity (Wildman–Crippen MR) is 310 cm³/mol. The lowest BCUT2D eigenvalue weighted by Gasteiger charge is -2.13. The van der Waals surface area contributed by atoms with Crippen molar-refractivity contribution in [3.8, 4) is 11.5 Å². The number of benzene rings is 10. The largest absolute Gasteiger partial charge is 0.505 e. The average Bonchev–Trinajstić information content (AvgIpc) is 1.58. The van der Waals surface area contributed by atoms with E-state index in [1.165, 1.54) is 97.1 Å². The first-order valence-corrected chi connectivity index (χ1v) is 30.9. The molecule has 10 rings (SSSR count). The lowest BCUT2D eigenvalue weighted by molar-refractivity contribution is 0.472. The number of hydrogen-bond donors (Lipinski definition) is 10. The van der Waals surface area contributed by atoms with Gasteiger partial charge in [-0.05, 0) is 126 Å². The van der Waals surface area contributed by atoms with E-state index in [0.717, 1.165) is 30.3 Å². The van der Waals surface area contributed by atoms with E-state index in [9.17, 15) is 75.1 Å². The molecule has 0 saturated carbocycles. The number of nitrogen functional groups attached to an aromatic ring is 2. The molecule has 10 aromatic carbocycles. The van der Waals surface area contributed by atoms with Crippen molar-refractivity contribution in [1.29, 1.82) is 0 Å². The third-order valence-corrected chi connectivity index (χ3v) is 17.0. The number of nitrogens with zero attached hydrogens (tertiary/aromatic N) is 8. The van der Waals surface area contributed by atoms with E-state index in [0.29, 0.717) is 10.8 Å². The molecule has 0 aliphatic carbocycles. The van der Waals surface area contributed by atoms with Gasteiger partial charge in [0, 0.05) is 38.6 Å². The lowest BCUT2D eigenvalue weighted by atomic mass is 10.0. The first-order chi connectivity index (χ1) is 39.9. The number of hydrogen-bond acceptors (Lipinski definition) is 23. The summed E-state index contributed by atoms with van der Waals surface area (Å²) < 4.78 is 174. The molecule has 0 fully saturated rings. The fourth-order valence-corrected chi connectivity index (χ4v) is 11.7. The Morgan fingerprint density at radius 1 is 0.353 bits per heavy atom. The number of nitrogens with one attached hydrogen (secondary N) is 1. The van der Waals surface area contributed by atoms with Crippen molar-refractivity contribution < 1.29 is 75.1 Å². The summed E-state index contributed by atoms with van der Waals surface area (Å²) in [5, 5.41) is 59.1. The summed E-state index contributed by atoms with van der Waals surface area (Å²) in [7, 11) is -24.8. The molecule has 12 N–H and O–H groups in total. The molecule has 85 heavy (non-hydrogen) atoms. The SMILES string of the molecule is Nc1ccc(N=Nc2cccc3ccc(S(=O)(=O)O)cc23)c2cc(S(=O)(=O)O)c(N=Nc3ccc(Nc4ccc(N=Nc5c(S(=O)(=O)O)cc6c(N=Nc7cccc8ccc(S(=O)(=O)O)cc78)ccc(N)c6c5O)cc4S(=O)(=O)O)cc3)c(O)c12. The van der Waals surface area contributed by atoms with Crippen molar-refractivity contribution in [2.24, 2.45) is 40.9 Å². The molecular weight excluding hydrogens is 1210 g/mol. The highest BCUT2D eigenvalue weighted by Gasteiger charge is 2.27. The van der Waals surface area contributed by atoms with Gasteiger partial charge in [0.05, 0.1) is 60.4 Å². The minimum Gasteiger partial charge on any atom is -0.505 e. The molecule has 0 unspecified atom stereocenters. The maximum atomic E-state index is 12.8. The van der Waals surface area contributed by atoms with Crippen LogP contribution in [0.5, 0.6) is 11.5 Å². The van der Waals surface area contributed by atoms with Crippen LogP contribution in [-0.4, -0.2) is 75.1 Å². The van der Waals surface area contributed by atoms with Crippen LogP contribution in [0.2, 0.25) is 0 Å². The molecule has 0 aliphatic rings. The number of phenols is 2. The topological polar surface area (TPSA) is 475 Å². The van der Waals surface area contributed by atoms with Gasteiger partial charge in [0.25, 0.3) is 50.6 Å². The fourth-order valence-electron chi connectivity index (χ4n) is 8.76. The van der Waals surface area contributed by atoms with Crippen LogP contribution in [-0.2, 0) is 50.6 Å². The van der Waals surface area contributed by atoms with Crippen molar-refractivity contribution >= 4 is 162 Å². The molecule has 10 aromatic rings. The van der Waals surface area contributed by atoms with Crippen LogP contribution < -0.4 is 16.8 Å². The quantitative estimate of drug-likeness (QED) is 0.0259. The Balaban J connectivity index is 0.924. The van der Waals surface area contributed by atoms with Gasteiger partial charge in [0.1, 0.15) is 26.1 Å². The Hall–Kier alpha value is -9.81. The molecule has 0 radical (unpaired) electrons. The highest BCUT2D eigenvalue weighted by Crippen LogP contribution is 2.49. The predicted octanol–water partition coefficient (Wildman–Crippen LogP) is 12.5. The molecule has 0 amide bonds. The Bertz CT molecular complexity index is 5250.